The maximum absolute atomic E-state index is 11.8. The van der Waals surface area contributed by atoms with Gasteiger partial charge in [0.1, 0.15) is 5.60 Å². The third-order valence-corrected chi connectivity index (χ3v) is 4.06. The van der Waals surface area contributed by atoms with Gasteiger partial charge >= 0.3 is 6.09 Å². The van der Waals surface area contributed by atoms with E-state index < -0.39 is 5.60 Å². The first-order chi connectivity index (χ1) is 11.7. The third kappa shape index (κ3) is 6.70. The summed E-state index contributed by atoms with van der Waals surface area (Å²) in [5, 5.41) is 13.7. The summed E-state index contributed by atoms with van der Waals surface area (Å²) < 4.78 is 5.26. The number of nitro groups is 1. The molecule has 25 heavy (non-hydrogen) atoms. The number of non-ortho nitro benzene ring substituents is 1. The summed E-state index contributed by atoms with van der Waals surface area (Å²) in [4.78, 5) is 24.6. The van der Waals surface area contributed by atoms with Crippen LogP contribution in [0.2, 0.25) is 0 Å². The third-order valence-electron chi connectivity index (χ3n) is 4.06. The number of carbonyl (C=O) groups is 1. The predicted octanol–water partition coefficient (Wildman–Crippen LogP) is 3.33. The van der Waals surface area contributed by atoms with Crippen molar-refractivity contribution in [1.29, 1.82) is 0 Å². The number of benzene rings is 1. The lowest BCUT2D eigenvalue weighted by molar-refractivity contribution is -0.384. The van der Waals surface area contributed by atoms with Gasteiger partial charge in [0.25, 0.3) is 5.69 Å². The average molecular weight is 349 g/mol. The number of piperidine rings is 1. The zero-order chi connectivity index (χ0) is 18.4. The molecule has 0 bridgehead atoms. The Morgan fingerprint density at radius 2 is 2.20 bits per heavy atom. The lowest BCUT2D eigenvalue weighted by Crippen LogP contribution is -2.41. The fraction of sp³-hybridized carbons (Fsp3) is 0.611. The number of carbonyl (C=O) groups excluding carboxylic acids is 1. The van der Waals surface area contributed by atoms with Crippen LogP contribution in [0.25, 0.3) is 0 Å². The van der Waals surface area contributed by atoms with Gasteiger partial charge in [0.15, 0.2) is 0 Å². The van der Waals surface area contributed by atoms with Crippen molar-refractivity contribution >= 4 is 11.8 Å². The number of hydrogen-bond acceptors (Lipinski definition) is 5. The summed E-state index contributed by atoms with van der Waals surface area (Å²) >= 11 is 0. The normalized spacial score (nSPS) is 18.6. The molecule has 0 aromatic heterocycles. The van der Waals surface area contributed by atoms with Crippen LogP contribution in [0.4, 0.5) is 10.5 Å². The monoisotopic (exact) mass is 349 g/mol. The number of amides is 1. The molecule has 1 aromatic rings. The molecule has 7 heteroatoms. The smallest absolute Gasteiger partial charge is 0.407 e. The van der Waals surface area contributed by atoms with E-state index >= 15 is 0 Å². The van der Waals surface area contributed by atoms with Gasteiger partial charge in [-0.3, -0.25) is 15.0 Å². The maximum atomic E-state index is 11.8. The Kier molecular flexibility index (Phi) is 6.36. The molecular formula is C18H27N3O4. The van der Waals surface area contributed by atoms with Crippen LogP contribution in [0.15, 0.2) is 24.3 Å². The molecule has 1 heterocycles. The number of nitrogens with zero attached hydrogens (tertiary/aromatic N) is 2. The highest BCUT2D eigenvalue weighted by Crippen LogP contribution is 2.20. The number of alkyl carbamates (subject to hydrolysis) is 1. The molecule has 1 amide bonds. The Labute approximate surface area is 148 Å². The minimum absolute atomic E-state index is 0.123. The van der Waals surface area contributed by atoms with Crippen LogP contribution in [-0.2, 0) is 11.3 Å². The van der Waals surface area contributed by atoms with E-state index in [1.165, 1.54) is 6.07 Å². The molecule has 0 aliphatic carbocycles. The van der Waals surface area contributed by atoms with Crippen molar-refractivity contribution in [1.82, 2.24) is 10.2 Å². The first-order valence-corrected chi connectivity index (χ1v) is 8.65. The zero-order valence-corrected chi connectivity index (χ0v) is 15.2. The van der Waals surface area contributed by atoms with Crippen LogP contribution in [0.3, 0.4) is 0 Å². The highest BCUT2D eigenvalue weighted by molar-refractivity contribution is 5.67. The Balaban J connectivity index is 1.83. The van der Waals surface area contributed by atoms with Crippen LogP contribution in [0.5, 0.6) is 0 Å². The van der Waals surface area contributed by atoms with Crippen LogP contribution >= 0.6 is 0 Å². The lowest BCUT2D eigenvalue weighted by atomic mass is 9.97. The van der Waals surface area contributed by atoms with Crippen molar-refractivity contribution in [2.45, 2.75) is 45.8 Å². The van der Waals surface area contributed by atoms with Gasteiger partial charge in [-0.05, 0) is 51.6 Å². The molecule has 7 nitrogen and oxygen atoms in total. The Bertz CT molecular complexity index is 613. The second-order valence-corrected chi connectivity index (χ2v) is 7.55. The van der Waals surface area contributed by atoms with Gasteiger partial charge in [0.2, 0.25) is 0 Å². The van der Waals surface area contributed by atoms with Gasteiger partial charge < -0.3 is 10.1 Å². The number of nitrogens with one attached hydrogen (secondary N) is 1. The van der Waals surface area contributed by atoms with Crippen LogP contribution in [0, 0.1) is 16.0 Å². The summed E-state index contributed by atoms with van der Waals surface area (Å²) in [5.41, 5.74) is 0.567. The van der Waals surface area contributed by atoms with Gasteiger partial charge in [-0.1, -0.05) is 12.1 Å². The summed E-state index contributed by atoms with van der Waals surface area (Å²) in [6.07, 6.45) is 1.72. The Morgan fingerprint density at radius 1 is 1.44 bits per heavy atom. The molecule has 0 spiro atoms. The van der Waals surface area contributed by atoms with Crippen molar-refractivity contribution in [2.24, 2.45) is 5.92 Å². The van der Waals surface area contributed by atoms with E-state index in [1.54, 1.807) is 12.1 Å². The Morgan fingerprint density at radius 3 is 2.88 bits per heavy atom. The molecule has 0 radical (unpaired) electrons. The molecule has 2 rings (SSSR count). The van der Waals surface area contributed by atoms with Crippen molar-refractivity contribution < 1.29 is 14.5 Å². The van der Waals surface area contributed by atoms with Crippen molar-refractivity contribution in [2.75, 3.05) is 19.6 Å². The first kappa shape index (κ1) is 19.2. The quantitative estimate of drug-likeness (QED) is 0.651. The van der Waals surface area contributed by atoms with Crippen LogP contribution < -0.4 is 5.32 Å². The fourth-order valence-electron chi connectivity index (χ4n) is 3.03. The second-order valence-electron chi connectivity index (χ2n) is 7.55. The molecule has 1 saturated heterocycles. The minimum atomic E-state index is -0.495. The molecule has 138 valence electrons. The van der Waals surface area contributed by atoms with E-state index in [0.29, 0.717) is 19.0 Å². The molecule has 1 N–H and O–H groups in total. The van der Waals surface area contributed by atoms with E-state index in [-0.39, 0.29) is 16.7 Å². The molecule has 1 aromatic carbocycles. The van der Waals surface area contributed by atoms with Gasteiger partial charge in [-0.15, -0.1) is 0 Å². The van der Waals surface area contributed by atoms with Crippen LogP contribution in [-0.4, -0.2) is 41.2 Å². The molecule has 1 unspecified atom stereocenters. The van der Waals surface area contributed by atoms with Gasteiger partial charge in [-0.2, -0.15) is 0 Å². The van der Waals surface area contributed by atoms with E-state index in [0.717, 1.165) is 31.5 Å². The number of likely N-dealkylation sites (tertiary alicyclic amines) is 1. The second kappa shape index (κ2) is 8.29. The molecule has 1 atom stereocenters. The number of hydrogen-bond donors (Lipinski definition) is 1. The summed E-state index contributed by atoms with van der Waals surface area (Å²) in [6, 6.07) is 6.77. The summed E-state index contributed by atoms with van der Waals surface area (Å²) in [6.45, 7) is 8.62. The minimum Gasteiger partial charge on any atom is -0.444 e. The molecule has 0 saturated carbocycles. The first-order valence-electron chi connectivity index (χ1n) is 8.65. The van der Waals surface area contributed by atoms with Crippen LogP contribution in [0.1, 0.15) is 39.2 Å². The summed E-state index contributed by atoms with van der Waals surface area (Å²) in [5.74, 6) is 0.361. The molecule has 1 aliphatic rings. The van der Waals surface area contributed by atoms with Crippen molar-refractivity contribution in [3.8, 4) is 0 Å². The number of rotatable bonds is 5. The van der Waals surface area contributed by atoms with E-state index in [4.69, 9.17) is 4.74 Å². The number of ether oxygens (including phenoxy) is 1. The standard InChI is InChI=1S/C18H27N3O4/c1-18(2,3)25-17(22)19-11-15-7-5-9-20(13-15)12-14-6-4-8-16(10-14)21(23)24/h4,6,8,10,15H,5,7,9,11-13H2,1-3H3,(H,19,22). The van der Waals surface area contributed by atoms with Crippen molar-refractivity contribution in [3.63, 3.8) is 0 Å². The van der Waals surface area contributed by atoms with Crippen molar-refractivity contribution in [3.05, 3.63) is 39.9 Å². The average Bonchev–Trinajstić information content (AvgIpc) is 2.52. The SMILES string of the molecule is CC(C)(C)OC(=O)NCC1CCCN(Cc2cccc([N+](=O)[O-])c2)C1. The fourth-order valence-corrected chi connectivity index (χ4v) is 3.03. The maximum Gasteiger partial charge on any atom is 0.407 e. The highest BCUT2D eigenvalue weighted by atomic mass is 16.6. The molecule has 1 fully saturated rings. The molecular weight excluding hydrogens is 322 g/mol. The van der Waals surface area contributed by atoms with Gasteiger partial charge in [0.05, 0.1) is 4.92 Å². The molecule has 1 aliphatic heterocycles. The van der Waals surface area contributed by atoms with E-state index in [1.807, 2.05) is 26.8 Å². The van der Waals surface area contributed by atoms with E-state index in [9.17, 15) is 14.9 Å². The zero-order valence-electron chi connectivity index (χ0n) is 15.2. The summed E-state index contributed by atoms with van der Waals surface area (Å²) in [7, 11) is 0. The highest BCUT2D eigenvalue weighted by Gasteiger charge is 2.22. The lowest BCUT2D eigenvalue weighted by Gasteiger charge is -2.33. The van der Waals surface area contributed by atoms with E-state index in [2.05, 4.69) is 10.2 Å². The number of nitro benzene ring substituents is 1. The largest absolute Gasteiger partial charge is 0.444 e. The van der Waals surface area contributed by atoms with Gasteiger partial charge in [-0.25, -0.2) is 4.79 Å². The topological polar surface area (TPSA) is 84.7 Å². The van der Waals surface area contributed by atoms with Gasteiger partial charge in [0, 0.05) is 31.8 Å². The predicted molar refractivity (Wildman–Crippen MR) is 95.3 cm³/mol. The Hall–Kier alpha value is -2.15.